The van der Waals surface area contributed by atoms with Gasteiger partial charge in [-0.3, -0.25) is 9.20 Å². The van der Waals surface area contributed by atoms with Crippen molar-refractivity contribution in [2.75, 3.05) is 0 Å². The number of aromatic nitrogens is 2. The van der Waals surface area contributed by atoms with Crippen LogP contribution in [0.25, 0.3) is 15.2 Å². The quantitative estimate of drug-likeness (QED) is 0.696. The van der Waals surface area contributed by atoms with Crippen molar-refractivity contribution in [3.63, 3.8) is 0 Å². The van der Waals surface area contributed by atoms with E-state index in [1.165, 1.54) is 0 Å². The minimum atomic E-state index is -0.399. The van der Waals surface area contributed by atoms with Crippen molar-refractivity contribution in [2.24, 2.45) is 5.73 Å². The van der Waals surface area contributed by atoms with E-state index >= 15 is 0 Å². The van der Waals surface area contributed by atoms with Gasteiger partial charge in [0.15, 0.2) is 4.96 Å². The van der Waals surface area contributed by atoms with E-state index in [1.54, 1.807) is 17.4 Å². The number of fused-ring (bicyclic) bond motifs is 3. The Hall–Kier alpha value is -1.88. The first-order chi connectivity index (χ1) is 7.65. The molecule has 0 atom stereocenters. The topological polar surface area (TPSA) is 60.4 Å². The van der Waals surface area contributed by atoms with Crippen molar-refractivity contribution < 1.29 is 4.79 Å². The highest BCUT2D eigenvalue weighted by Gasteiger charge is 2.09. The van der Waals surface area contributed by atoms with Crippen LogP contribution in [0.1, 0.15) is 16.1 Å². The minimum Gasteiger partial charge on any atom is -0.366 e. The largest absolute Gasteiger partial charge is 0.366 e. The summed E-state index contributed by atoms with van der Waals surface area (Å²) in [5.74, 6) is -0.399. The van der Waals surface area contributed by atoms with Crippen LogP contribution in [0.2, 0.25) is 0 Å². The van der Waals surface area contributed by atoms with Gasteiger partial charge in [-0.05, 0) is 25.1 Å². The number of rotatable bonds is 1. The molecule has 0 saturated heterocycles. The lowest BCUT2D eigenvalue weighted by molar-refractivity contribution is 0.100. The summed E-state index contributed by atoms with van der Waals surface area (Å²) in [4.78, 5) is 16.4. The smallest absolute Gasteiger partial charge is 0.248 e. The van der Waals surface area contributed by atoms with Gasteiger partial charge < -0.3 is 5.73 Å². The van der Waals surface area contributed by atoms with E-state index in [0.717, 1.165) is 20.9 Å². The Labute approximate surface area is 95.3 Å². The third-order valence-corrected chi connectivity index (χ3v) is 3.52. The van der Waals surface area contributed by atoms with Crippen molar-refractivity contribution in [2.45, 2.75) is 6.92 Å². The maximum absolute atomic E-state index is 11.1. The lowest BCUT2D eigenvalue weighted by atomic mass is 10.2. The van der Waals surface area contributed by atoms with Crippen LogP contribution in [0.3, 0.4) is 0 Å². The van der Waals surface area contributed by atoms with Gasteiger partial charge >= 0.3 is 0 Å². The average Bonchev–Trinajstić information content (AvgIpc) is 2.72. The number of aryl methyl sites for hydroxylation is 1. The molecular weight excluding hydrogens is 222 g/mol. The molecule has 0 bridgehead atoms. The molecule has 0 aliphatic heterocycles. The number of hydrogen-bond acceptors (Lipinski definition) is 3. The van der Waals surface area contributed by atoms with E-state index in [4.69, 9.17) is 5.73 Å². The standard InChI is InChI=1S/C11H9N3OS/c1-6-5-14-8-3-2-7(10(12)15)4-9(8)16-11(14)13-6/h2-5H,1H3,(H2,12,15). The number of nitrogens with two attached hydrogens (primary N) is 1. The van der Waals surface area contributed by atoms with Crippen molar-refractivity contribution in [3.05, 3.63) is 35.7 Å². The molecule has 3 rings (SSSR count). The molecule has 0 radical (unpaired) electrons. The fourth-order valence-corrected chi connectivity index (χ4v) is 2.86. The molecule has 1 aromatic carbocycles. The van der Waals surface area contributed by atoms with E-state index in [0.29, 0.717) is 5.56 Å². The van der Waals surface area contributed by atoms with Crippen LogP contribution in [0.15, 0.2) is 24.4 Å². The number of imidazole rings is 1. The summed E-state index contributed by atoms with van der Waals surface area (Å²) in [5.41, 5.74) is 7.83. The Kier molecular flexibility index (Phi) is 1.79. The number of thiazole rings is 1. The van der Waals surface area contributed by atoms with Crippen LogP contribution in [-0.4, -0.2) is 15.3 Å². The minimum absolute atomic E-state index is 0.399. The summed E-state index contributed by atoms with van der Waals surface area (Å²) in [5, 5.41) is 0. The average molecular weight is 231 g/mol. The number of benzene rings is 1. The molecule has 2 N–H and O–H groups in total. The maximum Gasteiger partial charge on any atom is 0.248 e. The SMILES string of the molecule is Cc1cn2c(n1)sc1cc(C(N)=O)ccc12. The van der Waals surface area contributed by atoms with Gasteiger partial charge in [-0.2, -0.15) is 0 Å². The van der Waals surface area contributed by atoms with Crippen LogP contribution in [0, 0.1) is 6.92 Å². The lowest BCUT2D eigenvalue weighted by Gasteiger charge is -1.95. The number of carbonyl (C=O) groups is 1. The first-order valence-corrected chi connectivity index (χ1v) is 5.65. The van der Waals surface area contributed by atoms with Crippen LogP contribution in [0.5, 0.6) is 0 Å². The highest BCUT2D eigenvalue weighted by molar-refractivity contribution is 7.23. The summed E-state index contributed by atoms with van der Waals surface area (Å²) in [6, 6.07) is 5.46. The highest BCUT2D eigenvalue weighted by Crippen LogP contribution is 2.26. The third-order valence-electron chi connectivity index (χ3n) is 2.50. The number of carbonyl (C=O) groups excluding carboxylic acids is 1. The molecule has 0 saturated carbocycles. The first-order valence-electron chi connectivity index (χ1n) is 4.83. The summed E-state index contributed by atoms with van der Waals surface area (Å²) in [7, 11) is 0. The predicted molar refractivity (Wildman–Crippen MR) is 63.8 cm³/mol. The number of amides is 1. The van der Waals surface area contributed by atoms with Gasteiger partial charge in [0.1, 0.15) is 0 Å². The fourth-order valence-electron chi connectivity index (χ4n) is 1.77. The van der Waals surface area contributed by atoms with E-state index in [9.17, 15) is 4.79 Å². The van der Waals surface area contributed by atoms with E-state index in [2.05, 4.69) is 4.98 Å². The Balaban J connectivity index is 2.37. The maximum atomic E-state index is 11.1. The van der Waals surface area contributed by atoms with Crippen molar-refractivity contribution in [1.82, 2.24) is 9.38 Å². The molecule has 16 heavy (non-hydrogen) atoms. The predicted octanol–water partition coefficient (Wildman–Crippen LogP) is 1.96. The zero-order valence-corrected chi connectivity index (χ0v) is 9.41. The van der Waals surface area contributed by atoms with Crippen LogP contribution >= 0.6 is 11.3 Å². The Morgan fingerprint density at radius 3 is 3.06 bits per heavy atom. The van der Waals surface area contributed by atoms with Gasteiger partial charge in [0.25, 0.3) is 0 Å². The molecule has 2 aromatic heterocycles. The first kappa shape index (κ1) is 9.35. The lowest BCUT2D eigenvalue weighted by Crippen LogP contribution is -2.10. The Morgan fingerprint density at radius 2 is 2.31 bits per heavy atom. The number of hydrogen-bond donors (Lipinski definition) is 1. The van der Waals surface area contributed by atoms with Gasteiger partial charge in [0, 0.05) is 11.8 Å². The monoisotopic (exact) mass is 231 g/mol. The van der Waals surface area contributed by atoms with Gasteiger partial charge in [-0.15, -0.1) is 0 Å². The van der Waals surface area contributed by atoms with Crippen molar-refractivity contribution in [3.8, 4) is 0 Å². The van der Waals surface area contributed by atoms with Gasteiger partial charge in [-0.1, -0.05) is 11.3 Å². The zero-order valence-electron chi connectivity index (χ0n) is 8.60. The van der Waals surface area contributed by atoms with E-state index < -0.39 is 5.91 Å². The molecule has 0 fully saturated rings. The summed E-state index contributed by atoms with van der Waals surface area (Å²) in [6.45, 7) is 1.96. The van der Waals surface area contributed by atoms with Crippen molar-refractivity contribution in [1.29, 1.82) is 0 Å². The summed E-state index contributed by atoms with van der Waals surface area (Å²) in [6.07, 6.45) is 1.98. The normalized spacial score (nSPS) is 11.3. The fraction of sp³-hybridized carbons (Fsp3) is 0.0909. The second-order valence-electron chi connectivity index (χ2n) is 3.68. The molecule has 5 heteroatoms. The van der Waals surface area contributed by atoms with Crippen LogP contribution in [-0.2, 0) is 0 Å². The van der Waals surface area contributed by atoms with Gasteiger partial charge in [0.05, 0.1) is 15.9 Å². The van der Waals surface area contributed by atoms with Gasteiger partial charge in [0.2, 0.25) is 5.91 Å². The summed E-state index contributed by atoms with van der Waals surface area (Å²) >= 11 is 1.56. The van der Waals surface area contributed by atoms with Crippen LogP contribution in [0.4, 0.5) is 0 Å². The Morgan fingerprint density at radius 1 is 1.50 bits per heavy atom. The Bertz CT molecular complexity index is 710. The molecule has 2 heterocycles. The summed E-state index contributed by atoms with van der Waals surface area (Å²) < 4.78 is 3.05. The molecule has 80 valence electrons. The molecule has 0 aliphatic carbocycles. The molecular formula is C11H9N3OS. The molecule has 0 spiro atoms. The third kappa shape index (κ3) is 1.22. The highest BCUT2D eigenvalue weighted by atomic mass is 32.1. The van der Waals surface area contributed by atoms with Gasteiger partial charge in [-0.25, -0.2) is 4.98 Å². The van der Waals surface area contributed by atoms with E-state index in [1.807, 2.05) is 29.7 Å². The van der Waals surface area contributed by atoms with Crippen LogP contribution < -0.4 is 5.73 Å². The molecule has 4 nitrogen and oxygen atoms in total. The van der Waals surface area contributed by atoms with Crippen molar-refractivity contribution >= 4 is 32.4 Å². The molecule has 3 aromatic rings. The number of nitrogens with zero attached hydrogens (tertiary/aromatic N) is 2. The molecule has 0 unspecified atom stereocenters. The molecule has 0 aliphatic rings. The number of primary amides is 1. The second-order valence-corrected chi connectivity index (χ2v) is 4.69. The molecule has 1 amide bonds. The second kappa shape index (κ2) is 3.05. The van der Waals surface area contributed by atoms with E-state index in [-0.39, 0.29) is 0 Å². The zero-order chi connectivity index (χ0) is 11.3.